The molecule has 0 unspecified atom stereocenters. The van der Waals surface area contributed by atoms with Crippen LogP contribution in [-0.2, 0) is 10.2 Å². The van der Waals surface area contributed by atoms with Gasteiger partial charge in [-0.2, -0.15) is 0 Å². The van der Waals surface area contributed by atoms with Gasteiger partial charge in [-0.25, -0.2) is 9.59 Å². The lowest BCUT2D eigenvalue weighted by Gasteiger charge is -2.40. The SMILES string of the molecule is CN(C)C(=O)N[C@H]1CC2(CCN(C(=O)OC(C)(C)C)CC2)c2ccccc21.[HH]. The van der Waals surface area contributed by atoms with E-state index < -0.39 is 5.60 Å². The van der Waals surface area contributed by atoms with E-state index in [0.717, 1.165) is 19.3 Å². The van der Waals surface area contributed by atoms with E-state index in [0.29, 0.717) is 13.1 Å². The fraction of sp³-hybridized carbons (Fsp3) is 0.619. The predicted octanol–water partition coefficient (Wildman–Crippen LogP) is 3.92. The molecule has 3 rings (SSSR count). The van der Waals surface area contributed by atoms with E-state index in [1.165, 1.54) is 11.1 Å². The summed E-state index contributed by atoms with van der Waals surface area (Å²) in [5.41, 5.74) is 2.06. The number of benzene rings is 1. The summed E-state index contributed by atoms with van der Waals surface area (Å²) in [6.45, 7) is 7.03. The van der Waals surface area contributed by atoms with Gasteiger partial charge in [-0.3, -0.25) is 0 Å². The number of urea groups is 1. The fourth-order valence-electron chi connectivity index (χ4n) is 4.22. The molecule has 6 nitrogen and oxygen atoms in total. The van der Waals surface area contributed by atoms with E-state index in [4.69, 9.17) is 4.74 Å². The minimum absolute atomic E-state index is 0. The zero-order valence-corrected chi connectivity index (χ0v) is 17.0. The topological polar surface area (TPSA) is 61.9 Å². The number of carbonyl (C=O) groups excluding carboxylic acids is 2. The first-order valence-corrected chi connectivity index (χ1v) is 9.66. The van der Waals surface area contributed by atoms with Crippen LogP contribution in [-0.4, -0.2) is 54.7 Å². The third kappa shape index (κ3) is 4.04. The summed E-state index contributed by atoms with van der Waals surface area (Å²) in [5.74, 6) is 0. The zero-order chi connectivity index (χ0) is 19.8. The van der Waals surface area contributed by atoms with Crippen LogP contribution in [0.5, 0.6) is 0 Å². The minimum atomic E-state index is -0.478. The Morgan fingerprint density at radius 2 is 1.85 bits per heavy atom. The summed E-state index contributed by atoms with van der Waals surface area (Å²) in [4.78, 5) is 28.0. The van der Waals surface area contributed by atoms with E-state index in [9.17, 15) is 9.59 Å². The molecule has 1 N–H and O–H groups in total. The van der Waals surface area contributed by atoms with Gasteiger partial charge >= 0.3 is 12.1 Å². The lowest BCUT2D eigenvalue weighted by atomic mass is 9.73. The molecule has 3 amide bonds. The van der Waals surface area contributed by atoms with E-state index in [-0.39, 0.29) is 25.0 Å². The molecular formula is C21H33N3O3. The Hall–Kier alpha value is -2.24. The monoisotopic (exact) mass is 375 g/mol. The quantitative estimate of drug-likeness (QED) is 0.809. The molecule has 1 saturated heterocycles. The number of hydrogen-bond acceptors (Lipinski definition) is 3. The highest BCUT2D eigenvalue weighted by molar-refractivity contribution is 5.74. The normalized spacial score (nSPS) is 20.9. The molecule has 1 spiro atoms. The fourth-order valence-corrected chi connectivity index (χ4v) is 4.22. The van der Waals surface area contributed by atoms with E-state index in [2.05, 4.69) is 23.5 Å². The van der Waals surface area contributed by atoms with E-state index in [1.807, 2.05) is 31.7 Å². The summed E-state index contributed by atoms with van der Waals surface area (Å²) in [6, 6.07) is 8.34. The van der Waals surface area contributed by atoms with Gasteiger partial charge < -0.3 is 19.9 Å². The highest BCUT2D eigenvalue weighted by atomic mass is 16.6. The third-order valence-electron chi connectivity index (χ3n) is 5.58. The Kier molecular flexibility index (Phi) is 5.10. The number of carbonyl (C=O) groups is 2. The Balaban J connectivity index is 0.00000280. The van der Waals surface area contributed by atoms with Crippen molar-refractivity contribution in [1.82, 2.24) is 15.1 Å². The number of rotatable bonds is 1. The molecule has 0 saturated carbocycles. The van der Waals surface area contributed by atoms with Crippen molar-refractivity contribution in [2.24, 2.45) is 0 Å². The van der Waals surface area contributed by atoms with Crippen molar-refractivity contribution < 1.29 is 15.8 Å². The van der Waals surface area contributed by atoms with Crippen LogP contribution in [0.3, 0.4) is 0 Å². The van der Waals surface area contributed by atoms with Crippen LogP contribution < -0.4 is 5.32 Å². The van der Waals surface area contributed by atoms with Crippen LogP contribution in [0.25, 0.3) is 0 Å². The van der Waals surface area contributed by atoms with E-state index in [1.54, 1.807) is 19.0 Å². The smallest absolute Gasteiger partial charge is 0.410 e. The van der Waals surface area contributed by atoms with Gasteiger partial charge in [0.2, 0.25) is 0 Å². The molecule has 1 aliphatic heterocycles. The molecule has 27 heavy (non-hydrogen) atoms. The van der Waals surface area contributed by atoms with Gasteiger partial charge in [0, 0.05) is 34.0 Å². The van der Waals surface area contributed by atoms with Crippen molar-refractivity contribution in [3.05, 3.63) is 35.4 Å². The first kappa shape index (κ1) is 19.5. The van der Waals surface area contributed by atoms with Crippen molar-refractivity contribution >= 4 is 12.1 Å². The maximum atomic E-state index is 12.4. The molecule has 1 atom stereocenters. The van der Waals surface area contributed by atoms with Gasteiger partial charge in [-0.1, -0.05) is 24.3 Å². The van der Waals surface area contributed by atoms with Crippen LogP contribution in [0.4, 0.5) is 9.59 Å². The second-order valence-electron chi connectivity index (χ2n) is 8.94. The Bertz CT molecular complexity index is 722. The molecule has 1 aliphatic carbocycles. The van der Waals surface area contributed by atoms with Crippen molar-refractivity contribution in [1.29, 1.82) is 0 Å². The summed E-state index contributed by atoms with van der Waals surface area (Å²) in [6.07, 6.45) is 2.42. The first-order valence-electron chi connectivity index (χ1n) is 9.66. The highest BCUT2D eigenvalue weighted by Crippen LogP contribution is 2.50. The zero-order valence-electron chi connectivity index (χ0n) is 17.0. The van der Waals surface area contributed by atoms with Gasteiger partial charge in [-0.15, -0.1) is 0 Å². The number of hydrogen-bond donors (Lipinski definition) is 1. The largest absolute Gasteiger partial charge is 0.444 e. The highest BCUT2D eigenvalue weighted by Gasteiger charge is 2.46. The second kappa shape index (κ2) is 7.06. The average Bonchev–Trinajstić information content (AvgIpc) is 2.88. The standard InChI is InChI=1S/C21H31N3O3.H2/c1-20(2,3)27-19(26)24-12-10-21(11-13-24)14-17(22-18(25)23(4)5)15-8-6-7-9-16(15)21;/h6-9,17H,10-14H2,1-5H3,(H,22,25);1H/t17-;/m0./s1. The third-order valence-corrected chi connectivity index (χ3v) is 5.58. The van der Waals surface area contributed by atoms with Crippen molar-refractivity contribution in [2.45, 2.75) is 57.1 Å². The second-order valence-corrected chi connectivity index (χ2v) is 8.94. The summed E-state index contributed by atoms with van der Waals surface area (Å²) in [7, 11) is 3.51. The first-order chi connectivity index (χ1) is 12.6. The molecular weight excluding hydrogens is 342 g/mol. The molecule has 0 radical (unpaired) electrons. The number of nitrogens with one attached hydrogen (secondary N) is 1. The summed E-state index contributed by atoms with van der Waals surface area (Å²) < 4.78 is 5.52. The van der Waals surface area contributed by atoms with Gasteiger partial charge in [0.1, 0.15) is 5.60 Å². The lowest BCUT2D eigenvalue weighted by Crippen LogP contribution is -2.46. The van der Waals surface area contributed by atoms with Gasteiger partial charge in [0.15, 0.2) is 0 Å². The molecule has 2 aliphatic rings. The van der Waals surface area contributed by atoms with Crippen molar-refractivity contribution in [3.63, 3.8) is 0 Å². The molecule has 150 valence electrons. The summed E-state index contributed by atoms with van der Waals surface area (Å²) >= 11 is 0. The lowest BCUT2D eigenvalue weighted by molar-refractivity contribution is 0.0161. The Labute approximate surface area is 163 Å². The van der Waals surface area contributed by atoms with Crippen molar-refractivity contribution in [3.8, 4) is 0 Å². The van der Waals surface area contributed by atoms with Crippen molar-refractivity contribution in [2.75, 3.05) is 27.2 Å². The molecule has 0 aromatic heterocycles. The molecule has 0 bridgehead atoms. The number of ether oxygens (including phenoxy) is 1. The van der Waals surface area contributed by atoms with Crippen LogP contribution in [0.2, 0.25) is 0 Å². The molecule has 1 aromatic carbocycles. The molecule has 1 heterocycles. The maximum absolute atomic E-state index is 12.4. The van der Waals surface area contributed by atoms with Crippen LogP contribution in [0.1, 0.15) is 58.6 Å². The van der Waals surface area contributed by atoms with Gasteiger partial charge in [0.05, 0.1) is 6.04 Å². The number of likely N-dealkylation sites (tertiary alicyclic amines) is 1. The predicted molar refractivity (Wildman–Crippen MR) is 107 cm³/mol. The Morgan fingerprint density at radius 1 is 1.22 bits per heavy atom. The number of piperidine rings is 1. The molecule has 1 aromatic rings. The molecule has 1 fully saturated rings. The van der Waals surface area contributed by atoms with Gasteiger partial charge in [-0.05, 0) is 51.2 Å². The average molecular weight is 376 g/mol. The molecule has 6 heteroatoms. The van der Waals surface area contributed by atoms with Crippen LogP contribution in [0, 0.1) is 0 Å². The van der Waals surface area contributed by atoms with Crippen LogP contribution >= 0.6 is 0 Å². The van der Waals surface area contributed by atoms with Crippen LogP contribution in [0.15, 0.2) is 24.3 Å². The minimum Gasteiger partial charge on any atom is -0.444 e. The van der Waals surface area contributed by atoms with E-state index >= 15 is 0 Å². The number of amides is 3. The number of fused-ring (bicyclic) bond motifs is 2. The van der Waals surface area contributed by atoms with Gasteiger partial charge in [0.25, 0.3) is 0 Å². The summed E-state index contributed by atoms with van der Waals surface area (Å²) in [5, 5.41) is 3.15. The maximum Gasteiger partial charge on any atom is 0.410 e. The Morgan fingerprint density at radius 3 is 2.44 bits per heavy atom. The number of nitrogens with zero attached hydrogens (tertiary/aromatic N) is 2.